The number of ether oxygens (including phenoxy) is 1. The summed E-state index contributed by atoms with van der Waals surface area (Å²) in [6.07, 6.45) is -4.66. The van der Waals surface area contributed by atoms with Gasteiger partial charge in [-0.25, -0.2) is 13.2 Å². The molecule has 0 saturated heterocycles. The van der Waals surface area contributed by atoms with E-state index in [-0.39, 0.29) is 33.7 Å². The van der Waals surface area contributed by atoms with Crippen LogP contribution in [0.1, 0.15) is 46.8 Å². The summed E-state index contributed by atoms with van der Waals surface area (Å²) in [7, 11) is -4.07. The summed E-state index contributed by atoms with van der Waals surface area (Å²) >= 11 is 1.01. The first-order valence-electron chi connectivity index (χ1n) is 9.65. The second-order valence-corrected chi connectivity index (χ2v) is 10.2. The standard InChI is InChI=1S/C22H20F3NO5S2/c1-13(2)17-9-10-32-21(17)33(29,30)26-18-8-7-16(22(23,24)25)11-19(18)31-12-14-3-5-15(6-4-14)20(27)28/h3-11,13,26H,12H2,1-2H3,(H,27,28). The molecule has 0 unspecified atom stereocenters. The minimum absolute atomic E-state index is 0.0446. The first-order chi connectivity index (χ1) is 15.4. The van der Waals surface area contributed by atoms with Crippen molar-refractivity contribution in [2.24, 2.45) is 0 Å². The van der Waals surface area contributed by atoms with Crippen LogP contribution in [0.5, 0.6) is 5.75 Å². The lowest BCUT2D eigenvalue weighted by molar-refractivity contribution is -0.137. The number of carbonyl (C=O) groups is 1. The maximum absolute atomic E-state index is 13.2. The lowest BCUT2D eigenvalue weighted by Crippen LogP contribution is -2.15. The van der Waals surface area contributed by atoms with Crippen molar-refractivity contribution in [1.29, 1.82) is 0 Å². The molecule has 0 aliphatic rings. The Morgan fingerprint density at radius 3 is 2.36 bits per heavy atom. The van der Waals surface area contributed by atoms with Gasteiger partial charge in [0.1, 0.15) is 16.6 Å². The van der Waals surface area contributed by atoms with Crippen molar-refractivity contribution in [1.82, 2.24) is 0 Å². The van der Waals surface area contributed by atoms with E-state index in [0.717, 1.165) is 29.5 Å². The quantitative estimate of drug-likeness (QED) is 0.399. The normalized spacial score (nSPS) is 12.1. The molecule has 1 heterocycles. The van der Waals surface area contributed by atoms with Gasteiger partial charge in [0.2, 0.25) is 0 Å². The molecule has 0 radical (unpaired) electrons. The predicted molar refractivity (Wildman–Crippen MR) is 118 cm³/mol. The van der Waals surface area contributed by atoms with E-state index < -0.39 is 27.7 Å². The highest BCUT2D eigenvalue weighted by Gasteiger charge is 2.32. The van der Waals surface area contributed by atoms with Crippen LogP contribution in [-0.4, -0.2) is 19.5 Å². The lowest BCUT2D eigenvalue weighted by atomic mass is 10.1. The fraction of sp³-hybridized carbons (Fsp3) is 0.227. The minimum atomic E-state index is -4.66. The molecular weight excluding hydrogens is 479 g/mol. The average molecular weight is 500 g/mol. The molecule has 0 fully saturated rings. The largest absolute Gasteiger partial charge is 0.487 e. The predicted octanol–water partition coefficient (Wildman–Crippen LogP) is 5.97. The van der Waals surface area contributed by atoms with Crippen molar-refractivity contribution < 1.29 is 36.2 Å². The molecule has 0 bridgehead atoms. The number of halogens is 3. The first-order valence-corrected chi connectivity index (χ1v) is 12.0. The summed E-state index contributed by atoms with van der Waals surface area (Å²) in [5, 5.41) is 10.6. The van der Waals surface area contributed by atoms with Gasteiger partial charge in [0, 0.05) is 0 Å². The molecule has 2 N–H and O–H groups in total. The van der Waals surface area contributed by atoms with Crippen molar-refractivity contribution in [3.05, 3.63) is 76.2 Å². The summed E-state index contributed by atoms with van der Waals surface area (Å²) in [6, 6.07) is 9.77. The Balaban J connectivity index is 1.92. The van der Waals surface area contributed by atoms with E-state index in [9.17, 15) is 26.4 Å². The maximum Gasteiger partial charge on any atom is 0.416 e. The summed E-state index contributed by atoms with van der Waals surface area (Å²) in [6.45, 7) is 3.47. The van der Waals surface area contributed by atoms with E-state index in [1.54, 1.807) is 11.4 Å². The van der Waals surface area contributed by atoms with Crippen molar-refractivity contribution in [3.8, 4) is 5.75 Å². The monoisotopic (exact) mass is 499 g/mol. The highest BCUT2D eigenvalue weighted by atomic mass is 32.2. The molecule has 3 aromatic rings. The fourth-order valence-electron chi connectivity index (χ4n) is 2.95. The molecule has 3 rings (SSSR count). The summed E-state index contributed by atoms with van der Waals surface area (Å²) < 4.78 is 73.6. The number of benzene rings is 2. The molecule has 0 aliphatic heterocycles. The molecule has 0 atom stereocenters. The number of alkyl halides is 3. The number of anilines is 1. The van der Waals surface area contributed by atoms with Crippen LogP contribution in [0.4, 0.5) is 18.9 Å². The summed E-state index contributed by atoms with van der Waals surface area (Å²) in [5.74, 6) is -1.50. The minimum Gasteiger partial charge on any atom is -0.487 e. The molecule has 0 amide bonds. The van der Waals surface area contributed by atoms with Gasteiger partial charge >= 0.3 is 12.1 Å². The van der Waals surface area contributed by atoms with Crippen LogP contribution in [0, 0.1) is 0 Å². The van der Waals surface area contributed by atoms with Crippen molar-refractivity contribution >= 4 is 33.0 Å². The van der Waals surface area contributed by atoms with Gasteiger partial charge in [0.25, 0.3) is 10.0 Å². The van der Waals surface area contributed by atoms with E-state index in [1.807, 2.05) is 13.8 Å². The van der Waals surface area contributed by atoms with E-state index in [2.05, 4.69) is 4.72 Å². The second-order valence-electron chi connectivity index (χ2n) is 7.42. The number of rotatable bonds is 8. The van der Waals surface area contributed by atoms with E-state index >= 15 is 0 Å². The molecule has 6 nitrogen and oxygen atoms in total. The fourth-order valence-corrected chi connectivity index (χ4v) is 5.69. The zero-order valence-corrected chi connectivity index (χ0v) is 19.1. The van der Waals surface area contributed by atoms with Crippen LogP contribution >= 0.6 is 11.3 Å². The van der Waals surface area contributed by atoms with Crippen LogP contribution < -0.4 is 9.46 Å². The van der Waals surface area contributed by atoms with Crippen LogP contribution in [0.2, 0.25) is 0 Å². The Kier molecular flexibility index (Phi) is 7.03. The topological polar surface area (TPSA) is 92.7 Å². The highest BCUT2D eigenvalue weighted by Crippen LogP contribution is 2.37. The number of sulfonamides is 1. The van der Waals surface area contributed by atoms with Crippen molar-refractivity contribution in [3.63, 3.8) is 0 Å². The van der Waals surface area contributed by atoms with Gasteiger partial charge in [-0.05, 0) is 58.8 Å². The number of thiophene rings is 1. The third kappa shape index (κ3) is 5.85. The lowest BCUT2D eigenvalue weighted by Gasteiger charge is -2.17. The summed E-state index contributed by atoms with van der Waals surface area (Å²) in [4.78, 5) is 11.0. The smallest absolute Gasteiger partial charge is 0.416 e. The van der Waals surface area contributed by atoms with Gasteiger partial charge in [-0.2, -0.15) is 13.2 Å². The zero-order valence-electron chi connectivity index (χ0n) is 17.5. The second kappa shape index (κ2) is 9.44. The Bertz CT molecular complexity index is 1250. The van der Waals surface area contributed by atoms with Gasteiger partial charge in [-0.1, -0.05) is 26.0 Å². The molecule has 0 saturated carbocycles. The number of nitrogens with one attached hydrogen (secondary N) is 1. The summed E-state index contributed by atoms with van der Waals surface area (Å²) in [5.41, 5.74) is -0.0101. The maximum atomic E-state index is 13.2. The SMILES string of the molecule is CC(C)c1ccsc1S(=O)(=O)Nc1ccc(C(F)(F)F)cc1OCc1ccc(C(=O)O)cc1. The number of carboxylic acids is 1. The van der Waals surface area contributed by atoms with Crippen LogP contribution in [0.25, 0.3) is 0 Å². The number of aromatic carboxylic acids is 1. The van der Waals surface area contributed by atoms with Crippen LogP contribution in [0.15, 0.2) is 58.1 Å². The van der Waals surface area contributed by atoms with Gasteiger partial charge in [0.05, 0.1) is 16.8 Å². The Hall–Kier alpha value is -3.05. The van der Waals surface area contributed by atoms with E-state index in [4.69, 9.17) is 9.84 Å². The van der Waals surface area contributed by atoms with E-state index in [0.29, 0.717) is 11.1 Å². The number of carboxylic acid groups (broad SMARTS) is 1. The van der Waals surface area contributed by atoms with Crippen molar-refractivity contribution in [2.75, 3.05) is 4.72 Å². The van der Waals surface area contributed by atoms with E-state index in [1.165, 1.54) is 24.3 Å². The Morgan fingerprint density at radius 1 is 1.12 bits per heavy atom. The average Bonchev–Trinajstić information content (AvgIpc) is 3.24. The van der Waals surface area contributed by atoms with Gasteiger partial charge in [0.15, 0.2) is 0 Å². The molecule has 33 heavy (non-hydrogen) atoms. The molecule has 0 aliphatic carbocycles. The number of hydrogen-bond acceptors (Lipinski definition) is 5. The van der Waals surface area contributed by atoms with Gasteiger partial charge in [-0.15, -0.1) is 11.3 Å². The molecule has 2 aromatic carbocycles. The highest BCUT2D eigenvalue weighted by molar-refractivity contribution is 7.94. The molecular formula is C22H20F3NO5S2. The van der Waals surface area contributed by atoms with Crippen LogP contribution in [-0.2, 0) is 22.8 Å². The molecule has 11 heteroatoms. The Labute approximate surface area is 192 Å². The number of hydrogen-bond donors (Lipinski definition) is 2. The van der Waals surface area contributed by atoms with Crippen LogP contribution in [0.3, 0.4) is 0 Å². The van der Waals surface area contributed by atoms with Crippen molar-refractivity contribution in [2.45, 2.75) is 36.8 Å². The molecule has 0 spiro atoms. The van der Waals surface area contributed by atoms with Gasteiger partial charge < -0.3 is 9.84 Å². The Morgan fingerprint density at radius 2 is 1.79 bits per heavy atom. The third-order valence-electron chi connectivity index (χ3n) is 4.67. The molecule has 1 aromatic heterocycles. The third-order valence-corrected chi connectivity index (χ3v) is 7.55. The van der Waals surface area contributed by atoms with Gasteiger partial charge in [-0.3, -0.25) is 4.72 Å². The molecule has 176 valence electrons. The zero-order chi connectivity index (χ0) is 24.4. The first kappa shape index (κ1) is 24.6.